The number of carbonyl (C=O) groups is 1. The fourth-order valence-corrected chi connectivity index (χ4v) is 3.28. The number of piperazine rings is 1. The molecule has 26 heavy (non-hydrogen) atoms. The van der Waals surface area contributed by atoms with Crippen molar-refractivity contribution in [2.45, 2.75) is 45.2 Å². The van der Waals surface area contributed by atoms with Crippen molar-refractivity contribution in [3.05, 3.63) is 29.6 Å². The van der Waals surface area contributed by atoms with Crippen molar-refractivity contribution < 1.29 is 9.18 Å². The maximum absolute atomic E-state index is 13.9. The summed E-state index contributed by atoms with van der Waals surface area (Å²) in [7, 11) is 2.10. The van der Waals surface area contributed by atoms with E-state index in [9.17, 15) is 9.18 Å². The third-order valence-electron chi connectivity index (χ3n) is 4.94. The first-order valence-corrected chi connectivity index (χ1v) is 9.07. The Balaban J connectivity index is 0.00000338. The largest absolute Gasteiger partial charge is 0.369 e. The van der Waals surface area contributed by atoms with Crippen molar-refractivity contribution in [1.82, 2.24) is 10.2 Å². The van der Waals surface area contributed by atoms with Gasteiger partial charge in [-0.3, -0.25) is 4.79 Å². The summed E-state index contributed by atoms with van der Waals surface area (Å²) in [5.74, 6) is -0.492. The monoisotopic (exact) mass is 386 g/mol. The number of amides is 1. The van der Waals surface area contributed by atoms with E-state index in [0.717, 1.165) is 43.9 Å². The van der Waals surface area contributed by atoms with E-state index >= 15 is 0 Å². The lowest BCUT2D eigenvalue weighted by Crippen LogP contribution is -2.52. The Labute approximate surface area is 162 Å². The number of carbonyl (C=O) groups excluding carboxylic acids is 1. The Morgan fingerprint density at radius 1 is 1.35 bits per heavy atom. The van der Waals surface area contributed by atoms with Crippen LogP contribution in [0.15, 0.2) is 18.2 Å². The fraction of sp³-hybridized carbons (Fsp3) is 0.632. The fourth-order valence-electron chi connectivity index (χ4n) is 3.28. The second-order valence-electron chi connectivity index (χ2n) is 7.36. The third kappa shape index (κ3) is 5.56. The normalized spacial score (nSPS) is 18.6. The van der Waals surface area contributed by atoms with Gasteiger partial charge in [-0.2, -0.15) is 0 Å². The van der Waals surface area contributed by atoms with Crippen LogP contribution in [0, 0.1) is 5.82 Å². The first-order chi connectivity index (χ1) is 11.7. The maximum Gasteiger partial charge on any atom is 0.240 e. The summed E-state index contributed by atoms with van der Waals surface area (Å²) in [5, 5.41) is 2.97. The predicted octanol–water partition coefficient (Wildman–Crippen LogP) is 2.69. The molecule has 7 heteroatoms. The molecule has 0 radical (unpaired) electrons. The number of anilines is 1. The second kappa shape index (κ2) is 9.53. The molecule has 1 heterocycles. The van der Waals surface area contributed by atoms with E-state index in [-0.39, 0.29) is 30.2 Å². The minimum absolute atomic E-state index is 0. The van der Waals surface area contributed by atoms with Crippen molar-refractivity contribution in [2.24, 2.45) is 5.73 Å². The Kier molecular flexibility index (Phi) is 8.31. The van der Waals surface area contributed by atoms with Gasteiger partial charge in [-0.1, -0.05) is 13.3 Å². The quantitative estimate of drug-likeness (QED) is 0.789. The lowest BCUT2D eigenvalue weighted by molar-refractivity contribution is -0.126. The lowest BCUT2D eigenvalue weighted by atomic mass is 9.95. The summed E-state index contributed by atoms with van der Waals surface area (Å²) in [6.45, 7) is 9.34. The zero-order chi connectivity index (χ0) is 18.6. The SMILES string of the molecule is CCCC(C)(N)C(=O)NC(C)c1cc(F)ccc1N1CCN(C)CC1.Cl. The molecule has 0 aliphatic carbocycles. The Morgan fingerprint density at radius 3 is 2.54 bits per heavy atom. The van der Waals surface area contributed by atoms with Crippen LogP contribution in [0.4, 0.5) is 10.1 Å². The second-order valence-corrected chi connectivity index (χ2v) is 7.36. The molecule has 1 aromatic rings. The van der Waals surface area contributed by atoms with Gasteiger partial charge < -0.3 is 20.9 Å². The molecule has 1 aliphatic heterocycles. The Bertz CT molecular complexity index is 603. The van der Waals surface area contributed by atoms with Gasteiger partial charge in [0.05, 0.1) is 11.6 Å². The van der Waals surface area contributed by atoms with Gasteiger partial charge >= 0.3 is 0 Å². The van der Waals surface area contributed by atoms with Crippen LogP contribution in [0.3, 0.4) is 0 Å². The summed E-state index contributed by atoms with van der Waals surface area (Å²) in [5.41, 5.74) is 6.99. The predicted molar refractivity (Wildman–Crippen MR) is 107 cm³/mol. The molecule has 1 fully saturated rings. The summed E-state index contributed by atoms with van der Waals surface area (Å²) < 4.78 is 13.9. The summed E-state index contributed by atoms with van der Waals surface area (Å²) in [4.78, 5) is 17.0. The summed E-state index contributed by atoms with van der Waals surface area (Å²) >= 11 is 0. The standard InChI is InChI=1S/C19H31FN4O.ClH/c1-5-8-19(3,21)18(25)22-14(2)16-13-15(20)6-7-17(16)24-11-9-23(4)10-12-24;/h6-7,13-14H,5,8-12,21H2,1-4H3,(H,22,25);1H. The molecule has 2 unspecified atom stereocenters. The van der Waals surface area contributed by atoms with Crippen LogP contribution < -0.4 is 16.0 Å². The molecular formula is C19H32ClFN4O. The number of likely N-dealkylation sites (N-methyl/N-ethyl adjacent to an activating group) is 1. The van der Waals surface area contributed by atoms with Gasteiger partial charge in [0.15, 0.2) is 0 Å². The molecule has 3 N–H and O–H groups in total. The molecule has 148 valence electrons. The molecule has 1 amide bonds. The van der Waals surface area contributed by atoms with Crippen LogP contribution in [-0.2, 0) is 4.79 Å². The highest BCUT2D eigenvalue weighted by molar-refractivity contribution is 5.86. The van der Waals surface area contributed by atoms with E-state index < -0.39 is 5.54 Å². The number of rotatable bonds is 6. The number of nitrogens with zero attached hydrogens (tertiary/aromatic N) is 2. The molecule has 0 spiro atoms. The number of nitrogens with one attached hydrogen (secondary N) is 1. The highest BCUT2D eigenvalue weighted by Crippen LogP contribution is 2.28. The molecule has 2 rings (SSSR count). The number of hydrogen-bond donors (Lipinski definition) is 2. The van der Waals surface area contributed by atoms with Crippen LogP contribution in [0.2, 0.25) is 0 Å². The summed E-state index contributed by atoms with van der Waals surface area (Å²) in [6.07, 6.45) is 1.45. The minimum Gasteiger partial charge on any atom is -0.369 e. The molecule has 0 aromatic heterocycles. The smallest absolute Gasteiger partial charge is 0.240 e. The van der Waals surface area contributed by atoms with E-state index in [2.05, 4.69) is 22.2 Å². The van der Waals surface area contributed by atoms with Gasteiger partial charge in [-0.05, 0) is 45.5 Å². The molecule has 1 aromatic carbocycles. The van der Waals surface area contributed by atoms with Crippen LogP contribution in [0.5, 0.6) is 0 Å². The molecule has 1 aliphatic rings. The zero-order valence-corrected chi connectivity index (χ0v) is 17.0. The van der Waals surface area contributed by atoms with Crippen molar-refractivity contribution >= 4 is 24.0 Å². The molecule has 0 bridgehead atoms. The van der Waals surface area contributed by atoms with Gasteiger partial charge in [0.1, 0.15) is 5.82 Å². The van der Waals surface area contributed by atoms with Crippen molar-refractivity contribution in [3.8, 4) is 0 Å². The first-order valence-electron chi connectivity index (χ1n) is 9.07. The zero-order valence-electron chi connectivity index (χ0n) is 16.2. The topological polar surface area (TPSA) is 61.6 Å². The first kappa shape index (κ1) is 22.7. The lowest BCUT2D eigenvalue weighted by Gasteiger charge is -2.36. The third-order valence-corrected chi connectivity index (χ3v) is 4.94. The van der Waals surface area contributed by atoms with E-state index in [0.29, 0.717) is 6.42 Å². The van der Waals surface area contributed by atoms with E-state index in [1.165, 1.54) is 12.1 Å². The molecule has 1 saturated heterocycles. The van der Waals surface area contributed by atoms with Crippen molar-refractivity contribution in [1.29, 1.82) is 0 Å². The Hall–Kier alpha value is -1.37. The number of halogens is 2. The highest BCUT2D eigenvalue weighted by atomic mass is 35.5. The number of nitrogens with two attached hydrogens (primary N) is 1. The van der Waals surface area contributed by atoms with E-state index in [1.807, 2.05) is 19.9 Å². The summed E-state index contributed by atoms with van der Waals surface area (Å²) in [6, 6.07) is 4.51. The van der Waals surface area contributed by atoms with Crippen LogP contribution in [0.1, 0.15) is 45.2 Å². The minimum atomic E-state index is -0.912. The number of benzene rings is 1. The van der Waals surface area contributed by atoms with E-state index in [1.54, 1.807) is 6.92 Å². The molecule has 2 atom stereocenters. The van der Waals surface area contributed by atoms with Gasteiger partial charge in [-0.25, -0.2) is 4.39 Å². The average molecular weight is 387 g/mol. The van der Waals surface area contributed by atoms with Gasteiger partial charge in [-0.15, -0.1) is 12.4 Å². The highest BCUT2D eigenvalue weighted by Gasteiger charge is 2.29. The molecule has 5 nitrogen and oxygen atoms in total. The molecular weight excluding hydrogens is 355 g/mol. The van der Waals surface area contributed by atoms with Gasteiger partial charge in [0, 0.05) is 37.4 Å². The van der Waals surface area contributed by atoms with Crippen molar-refractivity contribution in [2.75, 3.05) is 38.1 Å². The maximum atomic E-state index is 13.9. The van der Waals surface area contributed by atoms with E-state index in [4.69, 9.17) is 5.73 Å². The van der Waals surface area contributed by atoms with Crippen LogP contribution in [-0.4, -0.2) is 49.6 Å². The average Bonchev–Trinajstić information content (AvgIpc) is 2.55. The number of hydrogen-bond acceptors (Lipinski definition) is 4. The van der Waals surface area contributed by atoms with Crippen LogP contribution >= 0.6 is 12.4 Å². The molecule has 0 saturated carbocycles. The van der Waals surface area contributed by atoms with Crippen LogP contribution in [0.25, 0.3) is 0 Å². The van der Waals surface area contributed by atoms with Crippen molar-refractivity contribution in [3.63, 3.8) is 0 Å². The van der Waals surface area contributed by atoms with Gasteiger partial charge in [0.25, 0.3) is 0 Å². The Morgan fingerprint density at radius 2 is 1.96 bits per heavy atom. The van der Waals surface area contributed by atoms with Gasteiger partial charge in [0.2, 0.25) is 5.91 Å².